The van der Waals surface area contributed by atoms with E-state index < -0.39 is 0 Å². The predicted molar refractivity (Wildman–Crippen MR) is 126 cm³/mol. The SMILES string of the molecule is O=C(CCCNC(=O)N1CCc2c([nH]c3ccc(Cl)cc23)C1)Nc1ccc2c(c1)OCCO2. The van der Waals surface area contributed by atoms with Gasteiger partial charge in [0.15, 0.2) is 11.5 Å². The molecule has 3 aromatic rings. The van der Waals surface area contributed by atoms with Crippen LogP contribution < -0.4 is 20.1 Å². The lowest BCUT2D eigenvalue weighted by Crippen LogP contribution is -2.43. The second kappa shape index (κ2) is 9.23. The van der Waals surface area contributed by atoms with Crippen molar-refractivity contribution < 1.29 is 19.1 Å². The largest absolute Gasteiger partial charge is 0.486 e. The van der Waals surface area contributed by atoms with E-state index in [0.717, 1.165) is 23.0 Å². The Morgan fingerprint density at radius 1 is 1.09 bits per heavy atom. The van der Waals surface area contributed by atoms with Crippen molar-refractivity contribution in [2.24, 2.45) is 0 Å². The summed E-state index contributed by atoms with van der Waals surface area (Å²) >= 11 is 6.14. The Morgan fingerprint density at radius 2 is 1.94 bits per heavy atom. The normalized spacial score (nSPS) is 14.6. The quantitative estimate of drug-likeness (QED) is 0.492. The van der Waals surface area contributed by atoms with E-state index in [4.69, 9.17) is 21.1 Å². The van der Waals surface area contributed by atoms with Gasteiger partial charge in [-0.25, -0.2) is 4.79 Å². The van der Waals surface area contributed by atoms with Gasteiger partial charge in [-0.05, 0) is 48.7 Å². The average molecular weight is 469 g/mol. The van der Waals surface area contributed by atoms with Crippen LogP contribution in [-0.4, -0.2) is 48.1 Å². The topological polar surface area (TPSA) is 95.7 Å². The zero-order valence-electron chi connectivity index (χ0n) is 18.1. The highest BCUT2D eigenvalue weighted by Crippen LogP contribution is 2.33. The summed E-state index contributed by atoms with van der Waals surface area (Å²) in [5.74, 6) is 1.21. The van der Waals surface area contributed by atoms with Gasteiger partial charge in [0.05, 0.1) is 6.54 Å². The standard InChI is InChI=1S/C24H25ClN4O4/c25-15-3-5-19-18(12-15)17-7-9-29(14-20(17)28-19)24(31)26-8-1-2-23(30)27-16-4-6-21-22(13-16)33-11-10-32-21/h3-6,12-13,28H,1-2,7-11,14H2,(H,26,31)(H,27,30). The van der Waals surface area contributed by atoms with Gasteiger partial charge >= 0.3 is 6.03 Å². The number of benzene rings is 2. The van der Waals surface area contributed by atoms with E-state index in [-0.39, 0.29) is 11.9 Å². The van der Waals surface area contributed by atoms with Gasteiger partial charge in [0.1, 0.15) is 13.2 Å². The highest BCUT2D eigenvalue weighted by molar-refractivity contribution is 6.31. The molecular weight excluding hydrogens is 444 g/mol. The average Bonchev–Trinajstić information content (AvgIpc) is 3.18. The van der Waals surface area contributed by atoms with E-state index >= 15 is 0 Å². The number of carbonyl (C=O) groups excluding carboxylic acids is 2. The van der Waals surface area contributed by atoms with Crippen molar-refractivity contribution >= 4 is 40.1 Å². The van der Waals surface area contributed by atoms with Crippen LogP contribution in [0.4, 0.5) is 10.5 Å². The molecule has 0 unspecified atom stereocenters. The molecule has 3 N–H and O–H groups in total. The predicted octanol–water partition coefficient (Wildman–Crippen LogP) is 4.08. The van der Waals surface area contributed by atoms with Crippen LogP contribution in [-0.2, 0) is 17.8 Å². The first-order valence-electron chi connectivity index (χ1n) is 11.1. The lowest BCUT2D eigenvalue weighted by molar-refractivity contribution is -0.116. The molecule has 0 atom stereocenters. The highest BCUT2D eigenvalue weighted by Gasteiger charge is 2.24. The Kier molecular flexibility index (Phi) is 6.00. The summed E-state index contributed by atoms with van der Waals surface area (Å²) in [4.78, 5) is 30.0. The maximum atomic E-state index is 12.6. The molecule has 3 heterocycles. The number of hydrogen-bond donors (Lipinski definition) is 3. The number of aromatic nitrogens is 1. The smallest absolute Gasteiger partial charge is 0.317 e. The van der Waals surface area contributed by atoms with E-state index in [9.17, 15) is 9.59 Å². The lowest BCUT2D eigenvalue weighted by Gasteiger charge is -2.27. The lowest BCUT2D eigenvalue weighted by atomic mass is 10.0. The monoisotopic (exact) mass is 468 g/mol. The van der Waals surface area contributed by atoms with E-state index in [1.807, 2.05) is 18.2 Å². The molecule has 9 heteroatoms. The van der Waals surface area contributed by atoms with Crippen LogP contribution in [0.25, 0.3) is 10.9 Å². The molecule has 0 radical (unpaired) electrons. The molecule has 8 nitrogen and oxygen atoms in total. The molecule has 3 amide bonds. The zero-order chi connectivity index (χ0) is 22.8. The fourth-order valence-electron chi connectivity index (χ4n) is 4.29. The van der Waals surface area contributed by atoms with Gasteiger partial charge in [-0.3, -0.25) is 4.79 Å². The Hall–Kier alpha value is -3.39. The van der Waals surface area contributed by atoms with Gasteiger partial charge < -0.3 is 30.0 Å². The van der Waals surface area contributed by atoms with Crippen LogP contribution in [0.1, 0.15) is 24.1 Å². The molecule has 0 saturated carbocycles. The summed E-state index contributed by atoms with van der Waals surface area (Å²) in [5.41, 5.74) is 3.98. The number of ether oxygens (including phenoxy) is 2. The van der Waals surface area contributed by atoms with Crippen molar-refractivity contribution in [3.8, 4) is 11.5 Å². The molecule has 2 aliphatic rings. The van der Waals surface area contributed by atoms with Gasteiger partial charge in [-0.15, -0.1) is 0 Å². The third-order valence-electron chi connectivity index (χ3n) is 5.91. The fourth-order valence-corrected chi connectivity index (χ4v) is 4.46. The molecular formula is C24H25ClN4O4. The van der Waals surface area contributed by atoms with E-state index in [0.29, 0.717) is 67.9 Å². The summed E-state index contributed by atoms with van der Waals surface area (Å²) in [5, 5.41) is 7.62. The van der Waals surface area contributed by atoms with Crippen molar-refractivity contribution in [3.05, 3.63) is 52.7 Å². The Bertz CT molecular complexity index is 1210. The van der Waals surface area contributed by atoms with Crippen molar-refractivity contribution in [2.45, 2.75) is 25.8 Å². The molecule has 0 aliphatic carbocycles. The molecule has 0 bridgehead atoms. The third kappa shape index (κ3) is 4.71. The maximum Gasteiger partial charge on any atom is 0.317 e. The van der Waals surface area contributed by atoms with Crippen LogP contribution in [0, 0.1) is 0 Å². The number of halogens is 1. The number of H-pyrrole nitrogens is 1. The number of nitrogens with one attached hydrogen (secondary N) is 3. The molecule has 0 spiro atoms. The maximum absolute atomic E-state index is 12.6. The number of rotatable bonds is 5. The van der Waals surface area contributed by atoms with Crippen LogP contribution >= 0.6 is 11.6 Å². The van der Waals surface area contributed by atoms with Gasteiger partial charge in [-0.2, -0.15) is 0 Å². The van der Waals surface area contributed by atoms with E-state index in [2.05, 4.69) is 15.6 Å². The molecule has 2 aliphatic heterocycles. The van der Waals surface area contributed by atoms with Crippen molar-refractivity contribution in [1.29, 1.82) is 0 Å². The number of fused-ring (bicyclic) bond motifs is 4. The molecule has 2 aromatic carbocycles. The number of nitrogens with zero attached hydrogens (tertiary/aromatic N) is 1. The van der Waals surface area contributed by atoms with Gasteiger partial charge in [0.2, 0.25) is 5.91 Å². The van der Waals surface area contributed by atoms with Crippen molar-refractivity contribution in [2.75, 3.05) is 31.6 Å². The van der Waals surface area contributed by atoms with Gasteiger partial charge in [-0.1, -0.05) is 11.6 Å². The minimum absolute atomic E-state index is 0.111. The number of carbonyl (C=O) groups is 2. The summed E-state index contributed by atoms with van der Waals surface area (Å²) in [6.07, 6.45) is 1.63. The van der Waals surface area contributed by atoms with E-state index in [1.165, 1.54) is 5.56 Å². The summed E-state index contributed by atoms with van der Waals surface area (Å²) in [7, 11) is 0. The molecule has 5 rings (SSSR count). The van der Waals surface area contributed by atoms with E-state index in [1.54, 1.807) is 23.1 Å². The summed E-state index contributed by atoms with van der Waals surface area (Å²) in [6.45, 7) is 2.62. The number of hydrogen-bond acceptors (Lipinski definition) is 4. The molecule has 0 saturated heterocycles. The van der Waals surface area contributed by atoms with Gasteiger partial charge in [0, 0.05) is 52.9 Å². The Labute approximate surface area is 196 Å². The Morgan fingerprint density at radius 3 is 2.82 bits per heavy atom. The Balaban J connectivity index is 1.07. The zero-order valence-corrected chi connectivity index (χ0v) is 18.8. The second-order valence-electron chi connectivity index (χ2n) is 8.19. The fraction of sp³-hybridized carbons (Fsp3) is 0.333. The summed E-state index contributed by atoms with van der Waals surface area (Å²) in [6, 6.07) is 11.0. The van der Waals surface area contributed by atoms with Crippen molar-refractivity contribution in [1.82, 2.24) is 15.2 Å². The first-order chi connectivity index (χ1) is 16.1. The van der Waals surface area contributed by atoms with Gasteiger partial charge in [0.25, 0.3) is 0 Å². The molecule has 0 fully saturated rings. The van der Waals surface area contributed by atoms with Crippen molar-refractivity contribution in [3.63, 3.8) is 0 Å². The molecule has 172 valence electrons. The van der Waals surface area contributed by atoms with Crippen LogP contribution in [0.2, 0.25) is 5.02 Å². The third-order valence-corrected chi connectivity index (χ3v) is 6.14. The highest BCUT2D eigenvalue weighted by atomic mass is 35.5. The second-order valence-corrected chi connectivity index (χ2v) is 8.62. The number of anilines is 1. The van der Waals surface area contributed by atoms with Crippen LogP contribution in [0.15, 0.2) is 36.4 Å². The van der Waals surface area contributed by atoms with Crippen LogP contribution in [0.3, 0.4) is 0 Å². The number of urea groups is 1. The first kappa shape index (κ1) is 21.5. The number of amides is 3. The van der Waals surface area contributed by atoms with Crippen LogP contribution in [0.5, 0.6) is 11.5 Å². The first-order valence-corrected chi connectivity index (χ1v) is 11.5. The number of aromatic amines is 1. The molecule has 1 aromatic heterocycles. The summed E-state index contributed by atoms with van der Waals surface area (Å²) < 4.78 is 11.0. The minimum atomic E-state index is -0.121. The minimum Gasteiger partial charge on any atom is -0.486 e. The molecule has 33 heavy (non-hydrogen) atoms.